The van der Waals surface area contributed by atoms with Crippen molar-refractivity contribution < 1.29 is 4.79 Å². The number of carbonyl (C=O) groups excluding carboxylic acids is 1. The average molecular weight is 329 g/mol. The second-order valence-corrected chi connectivity index (χ2v) is 6.31. The largest absolute Gasteiger partial charge is 0.355 e. The predicted octanol–water partition coefficient (Wildman–Crippen LogP) is 4.74. The molecule has 0 bridgehead atoms. The first-order valence-electron chi connectivity index (χ1n) is 8.68. The minimum atomic E-state index is -0.287. The van der Waals surface area contributed by atoms with Crippen molar-refractivity contribution in [2.75, 3.05) is 6.54 Å². The standard InChI is InChI=1S/C23H23NO/c1-18(19-11-5-2-6-12-19)17-24-23(25)22(20-13-7-3-8-14-20)21-15-9-4-10-16-21/h2-16,18,22H,17H2,1H3,(H,24,25)/t18-/m0/s1. The second-order valence-electron chi connectivity index (χ2n) is 6.31. The molecule has 0 fully saturated rings. The molecule has 0 saturated carbocycles. The second kappa shape index (κ2) is 8.29. The quantitative estimate of drug-likeness (QED) is 0.695. The van der Waals surface area contributed by atoms with Crippen molar-refractivity contribution in [2.45, 2.75) is 18.8 Å². The third kappa shape index (κ3) is 4.36. The number of rotatable bonds is 6. The van der Waals surface area contributed by atoms with Crippen LogP contribution in [0.25, 0.3) is 0 Å². The molecular formula is C23H23NO. The highest BCUT2D eigenvalue weighted by Crippen LogP contribution is 2.25. The molecule has 1 atom stereocenters. The van der Waals surface area contributed by atoms with Crippen LogP contribution in [-0.2, 0) is 4.79 Å². The number of amides is 1. The van der Waals surface area contributed by atoms with Crippen LogP contribution in [0.1, 0.15) is 35.4 Å². The van der Waals surface area contributed by atoms with Gasteiger partial charge in [-0.3, -0.25) is 4.79 Å². The maximum atomic E-state index is 13.0. The molecule has 1 N–H and O–H groups in total. The Morgan fingerprint density at radius 3 is 1.56 bits per heavy atom. The molecule has 0 heterocycles. The summed E-state index contributed by atoms with van der Waals surface area (Å²) in [5, 5.41) is 3.14. The van der Waals surface area contributed by atoms with Gasteiger partial charge in [0.15, 0.2) is 0 Å². The van der Waals surface area contributed by atoms with Crippen molar-refractivity contribution in [3.63, 3.8) is 0 Å². The van der Waals surface area contributed by atoms with Crippen LogP contribution in [-0.4, -0.2) is 12.5 Å². The zero-order valence-corrected chi connectivity index (χ0v) is 14.4. The first kappa shape index (κ1) is 17.0. The summed E-state index contributed by atoms with van der Waals surface area (Å²) in [6.07, 6.45) is 0. The van der Waals surface area contributed by atoms with Gasteiger partial charge in [0, 0.05) is 6.54 Å². The highest BCUT2D eigenvalue weighted by molar-refractivity contribution is 5.87. The molecule has 2 heteroatoms. The molecule has 0 saturated heterocycles. The highest BCUT2D eigenvalue weighted by atomic mass is 16.1. The van der Waals surface area contributed by atoms with E-state index in [2.05, 4.69) is 24.4 Å². The number of nitrogens with one attached hydrogen (secondary N) is 1. The van der Waals surface area contributed by atoms with E-state index in [4.69, 9.17) is 0 Å². The van der Waals surface area contributed by atoms with E-state index in [-0.39, 0.29) is 17.7 Å². The Hall–Kier alpha value is -2.87. The van der Waals surface area contributed by atoms with E-state index in [9.17, 15) is 4.79 Å². The molecule has 25 heavy (non-hydrogen) atoms. The Labute approximate surface area is 149 Å². The van der Waals surface area contributed by atoms with E-state index in [0.29, 0.717) is 6.54 Å². The van der Waals surface area contributed by atoms with E-state index in [1.54, 1.807) is 0 Å². The van der Waals surface area contributed by atoms with Crippen LogP contribution in [0.3, 0.4) is 0 Å². The highest BCUT2D eigenvalue weighted by Gasteiger charge is 2.22. The molecule has 0 aromatic heterocycles. The van der Waals surface area contributed by atoms with E-state index in [1.807, 2.05) is 78.9 Å². The van der Waals surface area contributed by atoms with E-state index >= 15 is 0 Å². The summed E-state index contributed by atoms with van der Waals surface area (Å²) < 4.78 is 0. The fourth-order valence-corrected chi connectivity index (χ4v) is 3.04. The molecule has 0 aliphatic heterocycles. The Bertz CT molecular complexity index is 745. The zero-order valence-electron chi connectivity index (χ0n) is 14.4. The van der Waals surface area contributed by atoms with Crippen LogP contribution < -0.4 is 5.32 Å². The van der Waals surface area contributed by atoms with Gasteiger partial charge < -0.3 is 5.32 Å². The molecule has 3 aromatic carbocycles. The van der Waals surface area contributed by atoms with Gasteiger partial charge in [0.1, 0.15) is 0 Å². The Kier molecular flexibility index (Phi) is 5.63. The van der Waals surface area contributed by atoms with Crippen LogP contribution in [0, 0.1) is 0 Å². The lowest BCUT2D eigenvalue weighted by Crippen LogP contribution is -2.32. The number of hydrogen-bond donors (Lipinski definition) is 1. The third-order valence-electron chi connectivity index (χ3n) is 4.48. The van der Waals surface area contributed by atoms with Gasteiger partial charge >= 0.3 is 0 Å². The first-order valence-corrected chi connectivity index (χ1v) is 8.68. The molecule has 3 aromatic rings. The normalized spacial score (nSPS) is 11.9. The van der Waals surface area contributed by atoms with Crippen molar-refractivity contribution in [3.05, 3.63) is 108 Å². The Balaban J connectivity index is 1.76. The van der Waals surface area contributed by atoms with Gasteiger partial charge in [0.05, 0.1) is 5.92 Å². The molecule has 2 nitrogen and oxygen atoms in total. The van der Waals surface area contributed by atoms with Gasteiger partial charge in [-0.2, -0.15) is 0 Å². The van der Waals surface area contributed by atoms with Gasteiger partial charge in [-0.1, -0.05) is 97.9 Å². The number of hydrogen-bond acceptors (Lipinski definition) is 1. The SMILES string of the molecule is C[C@@H](CNC(=O)C(c1ccccc1)c1ccccc1)c1ccccc1. The summed E-state index contributed by atoms with van der Waals surface area (Å²) in [6, 6.07) is 30.2. The fraction of sp³-hybridized carbons (Fsp3) is 0.174. The van der Waals surface area contributed by atoms with Crippen molar-refractivity contribution in [1.29, 1.82) is 0 Å². The van der Waals surface area contributed by atoms with Crippen molar-refractivity contribution >= 4 is 5.91 Å². The van der Waals surface area contributed by atoms with Gasteiger partial charge in [0.25, 0.3) is 0 Å². The third-order valence-corrected chi connectivity index (χ3v) is 4.48. The van der Waals surface area contributed by atoms with Crippen LogP contribution in [0.2, 0.25) is 0 Å². The number of carbonyl (C=O) groups is 1. The lowest BCUT2D eigenvalue weighted by atomic mass is 9.90. The molecule has 1 amide bonds. The van der Waals surface area contributed by atoms with Gasteiger partial charge in [-0.05, 0) is 22.6 Å². The lowest BCUT2D eigenvalue weighted by Gasteiger charge is -2.20. The van der Waals surface area contributed by atoms with Crippen molar-refractivity contribution in [1.82, 2.24) is 5.32 Å². The molecule has 0 aliphatic rings. The van der Waals surface area contributed by atoms with Crippen LogP contribution in [0.4, 0.5) is 0 Å². The minimum Gasteiger partial charge on any atom is -0.355 e. The molecule has 0 radical (unpaired) electrons. The Morgan fingerprint density at radius 1 is 0.720 bits per heavy atom. The van der Waals surface area contributed by atoms with E-state index in [0.717, 1.165) is 11.1 Å². The van der Waals surface area contributed by atoms with Gasteiger partial charge in [-0.15, -0.1) is 0 Å². The maximum Gasteiger partial charge on any atom is 0.232 e. The summed E-state index contributed by atoms with van der Waals surface area (Å²) in [6.45, 7) is 2.76. The number of benzene rings is 3. The summed E-state index contributed by atoms with van der Waals surface area (Å²) >= 11 is 0. The van der Waals surface area contributed by atoms with Gasteiger partial charge in [0.2, 0.25) is 5.91 Å². The average Bonchev–Trinajstić information content (AvgIpc) is 2.69. The van der Waals surface area contributed by atoms with E-state index in [1.165, 1.54) is 5.56 Å². The predicted molar refractivity (Wildman–Crippen MR) is 103 cm³/mol. The zero-order chi connectivity index (χ0) is 17.5. The minimum absolute atomic E-state index is 0.0418. The molecular weight excluding hydrogens is 306 g/mol. The maximum absolute atomic E-state index is 13.0. The van der Waals surface area contributed by atoms with E-state index < -0.39 is 0 Å². The molecule has 0 aliphatic carbocycles. The lowest BCUT2D eigenvalue weighted by molar-refractivity contribution is -0.121. The van der Waals surface area contributed by atoms with Crippen LogP contribution in [0.15, 0.2) is 91.0 Å². The fourth-order valence-electron chi connectivity index (χ4n) is 3.04. The van der Waals surface area contributed by atoms with Crippen molar-refractivity contribution in [2.24, 2.45) is 0 Å². The van der Waals surface area contributed by atoms with Crippen LogP contribution >= 0.6 is 0 Å². The molecule has 0 spiro atoms. The topological polar surface area (TPSA) is 29.1 Å². The monoisotopic (exact) mass is 329 g/mol. The Morgan fingerprint density at radius 2 is 1.12 bits per heavy atom. The van der Waals surface area contributed by atoms with Crippen LogP contribution in [0.5, 0.6) is 0 Å². The summed E-state index contributed by atoms with van der Waals surface area (Å²) in [7, 11) is 0. The van der Waals surface area contributed by atoms with Gasteiger partial charge in [-0.25, -0.2) is 0 Å². The first-order chi connectivity index (χ1) is 12.3. The molecule has 3 rings (SSSR count). The summed E-state index contributed by atoms with van der Waals surface area (Å²) in [4.78, 5) is 13.0. The smallest absolute Gasteiger partial charge is 0.232 e. The molecule has 0 unspecified atom stereocenters. The summed E-state index contributed by atoms with van der Waals surface area (Å²) in [5.41, 5.74) is 3.26. The summed E-state index contributed by atoms with van der Waals surface area (Å²) in [5.74, 6) is 0.0305. The van der Waals surface area contributed by atoms with Crippen molar-refractivity contribution in [3.8, 4) is 0 Å². The molecule has 126 valence electrons.